The van der Waals surface area contributed by atoms with E-state index in [0.29, 0.717) is 16.8 Å². The van der Waals surface area contributed by atoms with Gasteiger partial charge in [0.2, 0.25) is 0 Å². The highest BCUT2D eigenvalue weighted by atomic mass is 19.1. The largest absolute Gasteiger partial charge is 0.508 e. The minimum atomic E-state index is -1.18. The number of pyridine rings is 1. The highest BCUT2D eigenvalue weighted by Crippen LogP contribution is 2.30. The van der Waals surface area contributed by atoms with Crippen molar-refractivity contribution in [1.82, 2.24) is 10.3 Å². The molecule has 0 saturated heterocycles. The number of aliphatic hydroxyl groups is 1. The number of amides is 1. The van der Waals surface area contributed by atoms with E-state index in [1.807, 2.05) is 31.2 Å². The summed E-state index contributed by atoms with van der Waals surface area (Å²) in [5.41, 5.74) is 2.00. The Kier molecular flexibility index (Phi) is 6.61. The second kappa shape index (κ2) is 9.21. The number of halogens is 1. The average Bonchev–Trinajstić information content (AvgIpc) is 2.72. The minimum Gasteiger partial charge on any atom is -0.508 e. The smallest absolute Gasteiger partial charge is 0.270 e. The average molecular weight is 432 g/mol. The first-order valence-corrected chi connectivity index (χ1v) is 10.1. The molecule has 1 aromatic heterocycles. The summed E-state index contributed by atoms with van der Waals surface area (Å²) in [5.74, 6) is 4.40. The van der Waals surface area contributed by atoms with Crippen LogP contribution in [-0.4, -0.2) is 26.7 Å². The van der Waals surface area contributed by atoms with Crippen LogP contribution < -0.4 is 5.32 Å². The standard InChI is InChI=1S/C26H25FN2O3/c1-16-5-7-19(8-6-16)24(21-15-20(27)9-10-23(21)30)29-25(31)22-14-18(13-17(2)28-22)11-12-26(3,4)32/h5-10,13-15,24,30,32H,1-4H3,(H,29,31)/t24-/m1/s1. The SMILES string of the molecule is Cc1ccc([C@@H](NC(=O)c2cc(C#CC(C)(C)O)cc(C)n2)c2cc(F)ccc2O)cc1. The Labute approximate surface area is 187 Å². The summed E-state index contributed by atoms with van der Waals surface area (Å²) in [6.45, 7) is 6.81. The maximum atomic E-state index is 14.0. The Hall–Kier alpha value is -3.69. The molecule has 1 heterocycles. The van der Waals surface area contributed by atoms with Gasteiger partial charge in [0, 0.05) is 16.8 Å². The molecule has 3 N–H and O–H groups in total. The van der Waals surface area contributed by atoms with E-state index in [0.717, 1.165) is 11.6 Å². The summed E-state index contributed by atoms with van der Waals surface area (Å²) < 4.78 is 14.0. The van der Waals surface area contributed by atoms with Crippen molar-refractivity contribution in [1.29, 1.82) is 0 Å². The summed E-state index contributed by atoms with van der Waals surface area (Å²) in [4.78, 5) is 17.4. The predicted molar refractivity (Wildman–Crippen MR) is 121 cm³/mol. The van der Waals surface area contributed by atoms with Crippen LogP contribution in [0.4, 0.5) is 4.39 Å². The number of nitrogens with one attached hydrogen (secondary N) is 1. The molecule has 0 fully saturated rings. The van der Waals surface area contributed by atoms with Crippen LogP contribution in [0, 0.1) is 31.5 Å². The van der Waals surface area contributed by atoms with Crippen molar-refractivity contribution in [3.05, 3.63) is 94.1 Å². The van der Waals surface area contributed by atoms with Gasteiger partial charge in [-0.2, -0.15) is 0 Å². The molecule has 1 amide bonds. The zero-order chi connectivity index (χ0) is 23.5. The number of carbonyl (C=O) groups excluding carboxylic acids is 1. The molecule has 0 aliphatic carbocycles. The lowest BCUT2D eigenvalue weighted by atomic mass is 9.96. The van der Waals surface area contributed by atoms with Gasteiger partial charge in [0.05, 0.1) is 6.04 Å². The van der Waals surface area contributed by atoms with Crippen molar-refractivity contribution in [3.8, 4) is 17.6 Å². The van der Waals surface area contributed by atoms with Gasteiger partial charge in [-0.1, -0.05) is 41.7 Å². The van der Waals surface area contributed by atoms with E-state index in [1.165, 1.54) is 18.2 Å². The van der Waals surface area contributed by atoms with Crippen molar-refractivity contribution in [3.63, 3.8) is 0 Å². The van der Waals surface area contributed by atoms with Gasteiger partial charge < -0.3 is 15.5 Å². The van der Waals surface area contributed by atoms with Crippen LogP contribution in [-0.2, 0) is 0 Å². The van der Waals surface area contributed by atoms with Gasteiger partial charge in [-0.15, -0.1) is 0 Å². The molecule has 3 aromatic rings. The van der Waals surface area contributed by atoms with Gasteiger partial charge in [-0.05, 0) is 63.6 Å². The van der Waals surface area contributed by atoms with Crippen molar-refractivity contribution >= 4 is 5.91 Å². The zero-order valence-electron chi connectivity index (χ0n) is 18.4. The molecule has 2 aromatic carbocycles. The van der Waals surface area contributed by atoms with Gasteiger partial charge in [-0.3, -0.25) is 4.79 Å². The molecule has 0 radical (unpaired) electrons. The van der Waals surface area contributed by atoms with Crippen LogP contribution in [0.5, 0.6) is 5.75 Å². The summed E-state index contributed by atoms with van der Waals surface area (Å²) in [6, 6.07) is 13.4. The van der Waals surface area contributed by atoms with E-state index in [1.54, 1.807) is 26.8 Å². The number of hydrogen-bond donors (Lipinski definition) is 3. The van der Waals surface area contributed by atoms with E-state index in [2.05, 4.69) is 22.1 Å². The van der Waals surface area contributed by atoms with Gasteiger partial charge in [-0.25, -0.2) is 9.37 Å². The first-order chi connectivity index (χ1) is 15.0. The normalized spacial score (nSPS) is 11.9. The lowest BCUT2D eigenvalue weighted by Gasteiger charge is -2.21. The summed E-state index contributed by atoms with van der Waals surface area (Å²) >= 11 is 0. The number of aromatic hydroxyl groups is 1. The summed E-state index contributed by atoms with van der Waals surface area (Å²) in [5, 5.41) is 23.1. The quantitative estimate of drug-likeness (QED) is 0.540. The molecule has 0 bridgehead atoms. The summed E-state index contributed by atoms with van der Waals surface area (Å²) in [7, 11) is 0. The monoisotopic (exact) mass is 432 g/mol. The van der Waals surface area contributed by atoms with Gasteiger partial charge in [0.1, 0.15) is 22.9 Å². The third-order valence-electron chi connectivity index (χ3n) is 4.69. The molecule has 0 saturated carbocycles. The molecule has 164 valence electrons. The highest BCUT2D eigenvalue weighted by molar-refractivity contribution is 5.93. The number of rotatable bonds is 4. The van der Waals surface area contributed by atoms with Crippen LogP contribution in [0.25, 0.3) is 0 Å². The van der Waals surface area contributed by atoms with Crippen molar-refractivity contribution < 1.29 is 19.4 Å². The number of benzene rings is 2. The van der Waals surface area contributed by atoms with Crippen molar-refractivity contribution in [2.75, 3.05) is 0 Å². The summed E-state index contributed by atoms with van der Waals surface area (Å²) in [6.07, 6.45) is 0. The molecular weight excluding hydrogens is 407 g/mol. The van der Waals surface area contributed by atoms with E-state index in [-0.39, 0.29) is 17.0 Å². The van der Waals surface area contributed by atoms with E-state index < -0.39 is 23.4 Å². The number of phenolic OH excluding ortho intramolecular Hbond substituents is 1. The second-order valence-electron chi connectivity index (χ2n) is 8.21. The number of nitrogens with zero attached hydrogens (tertiary/aromatic N) is 1. The third-order valence-corrected chi connectivity index (χ3v) is 4.69. The molecule has 1 atom stereocenters. The first-order valence-electron chi connectivity index (χ1n) is 10.1. The maximum absolute atomic E-state index is 14.0. The molecule has 6 heteroatoms. The zero-order valence-corrected chi connectivity index (χ0v) is 18.4. The van der Waals surface area contributed by atoms with Crippen LogP contribution >= 0.6 is 0 Å². The van der Waals surface area contributed by atoms with Crippen molar-refractivity contribution in [2.45, 2.75) is 39.3 Å². The molecule has 0 unspecified atom stereocenters. The Morgan fingerprint density at radius 1 is 1.09 bits per heavy atom. The fourth-order valence-corrected chi connectivity index (χ4v) is 3.14. The molecule has 0 aliphatic rings. The second-order valence-corrected chi connectivity index (χ2v) is 8.21. The van der Waals surface area contributed by atoms with Gasteiger partial charge >= 0.3 is 0 Å². The number of aromatic nitrogens is 1. The topological polar surface area (TPSA) is 82.5 Å². The van der Waals surface area contributed by atoms with Crippen LogP contribution in [0.1, 0.15) is 58.3 Å². The highest BCUT2D eigenvalue weighted by Gasteiger charge is 2.22. The molecular formula is C26H25FN2O3. The Morgan fingerprint density at radius 2 is 1.78 bits per heavy atom. The predicted octanol–water partition coefficient (Wildman–Crippen LogP) is 4.18. The van der Waals surface area contributed by atoms with E-state index in [4.69, 9.17) is 0 Å². The van der Waals surface area contributed by atoms with Crippen LogP contribution in [0.15, 0.2) is 54.6 Å². The number of hydrogen-bond acceptors (Lipinski definition) is 4. The molecule has 5 nitrogen and oxygen atoms in total. The molecule has 3 rings (SSSR count). The Balaban J connectivity index is 2.00. The minimum absolute atomic E-state index is 0.123. The van der Waals surface area contributed by atoms with Crippen LogP contribution in [0.3, 0.4) is 0 Å². The van der Waals surface area contributed by atoms with Crippen molar-refractivity contribution in [2.24, 2.45) is 0 Å². The lowest BCUT2D eigenvalue weighted by molar-refractivity contribution is 0.0937. The Bertz CT molecular complexity index is 1200. The van der Waals surface area contributed by atoms with Gasteiger partial charge in [0.25, 0.3) is 5.91 Å². The number of aryl methyl sites for hydroxylation is 2. The van der Waals surface area contributed by atoms with E-state index >= 15 is 0 Å². The number of phenols is 1. The first kappa shape index (κ1) is 23.0. The molecule has 0 aliphatic heterocycles. The van der Waals surface area contributed by atoms with E-state index in [9.17, 15) is 19.4 Å². The fourth-order valence-electron chi connectivity index (χ4n) is 3.14. The lowest BCUT2D eigenvalue weighted by Crippen LogP contribution is -2.30. The maximum Gasteiger partial charge on any atom is 0.270 e. The van der Waals surface area contributed by atoms with Gasteiger partial charge in [0.15, 0.2) is 0 Å². The molecule has 0 spiro atoms. The fraction of sp³-hybridized carbons (Fsp3) is 0.231. The number of carbonyl (C=O) groups is 1. The Morgan fingerprint density at radius 3 is 2.44 bits per heavy atom. The third kappa shape index (κ3) is 5.93. The van der Waals surface area contributed by atoms with Crippen LogP contribution in [0.2, 0.25) is 0 Å². The molecule has 32 heavy (non-hydrogen) atoms.